The minimum absolute atomic E-state index is 0.0473. The molecule has 0 aliphatic carbocycles. The summed E-state index contributed by atoms with van der Waals surface area (Å²) in [5.41, 5.74) is 6.73. The average Bonchev–Trinajstić information content (AvgIpc) is 2.61. The fourth-order valence-corrected chi connectivity index (χ4v) is 2.42. The molecule has 0 aliphatic heterocycles. The van der Waals surface area contributed by atoms with Crippen molar-refractivity contribution in [1.29, 1.82) is 0 Å². The number of methoxy groups -OCH3 is 1. The maximum atomic E-state index is 13.1. The average molecular weight is 344 g/mol. The summed E-state index contributed by atoms with van der Waals surface area (Å²) < 4.78 is 18.2. The first kappa shape index (κ1) is 18.4. The lowest BCUT2D eigenvalue weighted by atomic mass is 10.1. The second kappa shape index (κ2) is 8.82. The number of rotatable bonds is 8. The molecule has 2 aromatic rings. The van der Waals surface area contributed by atoms with E-state index in [1.807, 2.05) is 24.3 Å². The van der Waals surface area contributed by atoms with Gasteiger partial charge in [-0.3, -0.25) is 9.59 Å². The monoisotopic (exact) mass is 344 g/mol. The quantitative estimate of drug-likeness (QED) is 0.800. The van der Waals surface area contributed by atoms with Gasteiger partial charge in [0.15, 0.2) is 0 Å². The van der Waals surface area contributed by atoms with Gasteiger partial charge in [0.05, 0.1) is 7.11 Å². The second-order valence-electron chi connectivity index (χ2n) is 5.59. The van der Waals surface area contributed by atoms with Crippen molar-refractivity contribution in [3.63, 3.8) is 0 Å². The fourth-order valence-electron chi connectivity index (χ4n) is 2.42. The summed E-state index contributed by atoms with van der Waals surface area (Å²) in [6.45, 7) is 0.169. The molecule has 132 valence electrons. The van der Waals surface area contributed by atoms with E-state index in [4.69, 9.17) is 10.5 Å². The van der Waals surface area contributed by atoms with Gasteiger partial charge < -0.3 is 15.4 Å². The number of primary amides is 1. The molecule has 2 amide bonds. The van der Waals surface area contributed by atoms with Crippen LogP contribution in [-0.2, 0) is 16.0 Å². The van der Waals surface area contributed by atoms with Crippen LogP contribution in [0.4, 0.5) is 10.1 Å². The number of aryl methyl sites for hydroxylation is 1. The molecule has 6 heteroatoms. The van der Waals surface area contributed by atoms with Crippen molar-refractivity contribution >= 4 is 17.5 Å². The molecule has 0 saturated heterocycles. The third kappa shape index (κ3) is 5.60. The summed E-state index contributed by atoms with van der Waals surface area (Å²) in [5.74, 6) is -0.271. The van der Waals surface area contributed by atoms with Gasteiger partial charge in [0, 0.05) is 25.1 Å². The lowest BCUT2D eigenvalue weighted by Gasteiger charge is -2.22. The molecule has 0 atom stereocenters. The van der Waals surface area contributed by atoms with Crippen molar-refractivity contribution in [3.8, 4) is 5.75 Å². The first-order valence-electron chi connectivity index (χ1n) is 7.97. The Morgan fingerprint density at radius 2 is 1.68 bits per heavy atom. The Bertz CT molecular complexity index is 714. The number of carbonyl (C=O) groups excluding carboxylic acids is 2. The highest BCUT2D eigenvalue weighted by Crippen LogP contribution is 2.18. The fraction of sp³-hybridized carbons (Fsp3) is 0.263. The van der Waals surface area contributed by atoms with Crippen LogP contribution in [0.2, 0.25) is 0 Å². The predicted molar refractivity (Wildman–Crippen MR) is 93.9 cm³/mol. The normalized spacial score (nSPS) is 10.3. The van der Waals surface area contributed by atoms with E-state index in [2.05, 4.69) is 0 Å². The van der Waals surface area contributed by atoms with Crippen molar-refractivity contribution < 1.29 is 18.7 Å². The maximum Gasteiger partial charge on any atom is 0.227 e. The molecule has 0 heterocycles. The molecule has 0 aromatic heterocycles. The lowest BCUT2D eigenvalue weighted by Crippen LogP contribution is -2.34. The summed E-state index contributed by atoms with van der Waals surface area (Å²) >= 11 is 0. The van der Waals surface area contributed by atoms with Crippen molar-refractivity contribution in [2.24, 2.45) is 5.73 Å². The summed E-state index contributed by atoms with van der Waals surface area (Å²) in [7, 11) is 1.60. The number of hydrogen-bond donors (Lipinski definition) is 1. The number of anilines is 1. The van der Waals surface area contributed by atoms with Gasteiger partial charge in [-0.1, -0.05) is 12.1 Å². The molecule has 2 aromatic carbocycles. The van der Waals surface area contributed by atoms with Gasteiger partial charge in [-0.25, -0.2) is 4.39 Å². The van der Waals surface area contributed by atoms with Crippen molar-refractivity contribution in [2.45, 2.75) is 19.3 Å². The zero-order chi connectivity index (χ0) is 18.2. The molecular formula is C19H21FN2O3. The summed E-state index contributed by atoms with van der Waals surface area (Å²) in [6.07, 6.45) is 0.866. The van der Waals surface area contributed by atoms with Gasteiger partial charge in [-0.2, -0.15) is 0 Å². The third-order valence-corrected chi connectivity index (χ3v) is 3.81. The molecular weight excluding hydrogens is 323 g/mol. The molecule has 2 N–H and O–H groups in total. The van der Waals surface area contributed by atoms with E-state index < -0.39 is 5.91 Å². The van der Waals surface area contributed by atoms with Crippen molar-refractivity contribution in [1.82, 2.24) is 0 Å². The van der Waals surface area contributed by atoms with Crippen LogP contribution < -0.4 is 15.4 Å². The van der Waals surface area contributed by atoms with Gasteiger partial charge in [-0.15, -0.1) is 0 Å². The molecule has 0 fully saturated rings. The summed E-state index contributed by atoms with van der Waals surface area (Å²) in [6, 6.07) is 13.1. The van der Waals surface area contributed by atoms with Crippen molar-refractivity contribution in [2.75, 3.05) is 18.6 Å². The minimum Gasteiger partial charge on any atom is -0.497 e. The Hall–Kier alpha value is -2.89. The highest BCUT2D eigenvalue weighted by atomic mass is 19.1. The van der Waals surface area contributed by atoms with Gasteiger partial charge in [0.1, 0.15) is 11.6 Å². The second-order valence-corrected chi connectivity index (χ2v) is 5.59. The van der Waals surface area contributed by atoms with Crippen LogP contribution in [0, 0.1) is 5.82 Å². The molecule has 0 bridgehead atoms. The van der Waals surface area contributed by atoms with E-state index in [9.17, 15) is 14.0 Å². The Balaban J connectivity index is 2.05. The van der Waals surface area contributed by atoms with E-state index in [1.165, 1.54) is 29.2 Å². The number of nitrogens with two attached hydrogens (primary N) is 1. The molecule has 25 heavy (non-hydrogen) atoms. The first-order valence-corrected chi connectivity index (χ1v) is 7.97. The number of nitrogens with zero attached hydrogens (tertiary/aromatic N) is 1. The molecule has 0 aliphatic rings. The number of amides is 2. The number of benzene rings is 2. The molecule has 0 radical (unpaired) electrons. The summed E-state index contributed by atoms with van der Waals surface area (Å²) in [5, 5.41) is 0. The largest absolute Gasteiger partial charge is 0.497 e. The third-order valence-electron chi connectivity index (χ3n) is 3.81. The highest BCUT2D eigenvalue weighted by Gasteiger charge is 2.16. The number of carbonyl (C=O) groups is 2. The zero-order valence-corrected chi connectivity index (χ0v) is 14.1. The molecule has 0 saturated carbocycles. The number of halogens is 1. The Labute approximate surface area is 146 Å². The Morgan fingerprint density at radius 3 is 2.24 bits per heavy atom. The van der Waals surface area contributed by atoms with Crippen LogP contribution in [-0.4, -0.2) is 25.5 Å². The molecule has 5 nitrogen and oxygen atoms in total. The zero-order valence-electron chi connectivity index (χ0n) is 14.1. The van der Waals surface area contributed by atoms with Crippen LogP contribution in [0.15, 0.2) is 48.5 Å². The van der Waals surface area contributed by atoms with Crippen LogP contribution in [0.1, 0.15) is 18.4 Å². The van der Waals surface area contributed by atoms with Crippen molar-refractivity contribution in [3.05, 3.63) is 59.9 Å². The standard InChI is InChI=1S/C19H21FN2O3/c1-25-17-9-2-14(3-10-17)4-11-19(24)22(13-12-18(21)23)16-7-5-15(20)6-8-16/h2-3,5-10H,4,11-13H2,1H3,(H2,21,23). The molecule has 2 rings (SSSR count). The van der Waals surface area contributed by atoms with E-state index >= 15 is 0 Å². The van der Waals surface area contributed by atoms with Crippen LogP contribution in [0.5, 0.6) is 5.75 Å². The van der Waals surface area contributed by atoms with E-state index in [1.54, 1.807) is 7.11 Å². The molecule has 0 unspecified atom stereocenters. The van der Waals surface area contributed by atoms with E-state index in [0.717, 1.165) is 11.3 Å². The minimum atomic E-state index is -0.491. The van der Waals surface area contributed by atoms with E-state index in [0.29, 0.717) is 12.1 Å². The van der Waals surface area contributed by atoms with E-state index in [-0.39, 0.29) is 31.1 Å². The maximum absolute atomic E-state index is 13.1. The highest BCUT2D eigenvalue weighted by molar-refractivity contribution is 5.94. The van der Waals surface area contributed by atoms with Crippen LogP contribution >= 0.6 is 0 Å². The van der Waals surface area contributed by atoms with Crippen LogP contribution in [0.25, 0.3) is 0 Å². The van der Waals surface area contributed by atoms with Gasteiger partial charge in [-0.05, 0) is 48.4 Å². The Morgan fingerprint density at radius 1 is 1.04 bits per heavy atom. The lowest BCUT2D eigenvalue weighted by molar-refractivity contribution is -0.119. The first-order chi connectivity index (χ1) is 12.0. The SMILES string of the molecule is COc1ccc(CCC(=O)N(CCC(N)=O)c2ccc(F)cc2)cc1. The number of ether oxygens (including phenoxy) is 1. The predicted octanol–water partition coefficient (Wildman–Crippen LogP) is 2.68. The summed E-state index contributed by atoms with van der Waals surface area (Å²) in [4.78, 5) is 25.1. The molecule has 0 spiro atoms. The van der Waals surface area contributed by atoms with Gasteiger partial charge in [0.2, 0.25) is 11.8 Å². The van der Waals surface area contributed by atoms with Gasteiger partial charge in [0.25, 0.3) is 0 Å². The number of hydrogen-bond acceptors (Lipinski definition) is 3. The smallest absolute Gasteiger partial charge is 0.227 e. The topological polar surface area (TPSA) is 72.6 Å². The van der Waals surface area contributed by atoms with Gasteiger partial charge >= 0.3 is 0 Å². The Kier molecular flexibility index (Phi) is 6.51. The van der Waals surface area contributed by atoms with Crippen LogP contribution in [0.3, 0.4) is 0 Å².